The van der Waals surface area contributed by atoms with Crippen LogP contribution < -0.4 is 10.6 Å². The zero-order valence-electron chi connectivity index (χ0n) is 40.7. The molecule has 0 spiro atoms. The van der Waals surface area contributed by atoms with Crippen LogP contribution in [0, 0.1) is 0 Å². The Labute approximate surface area is 453 Å². The van der Waals surface area contributed by atoms with E-state index in [0.29, 0.717) is 0 Å². The van der Waals surface area contributed by atoms with Gasteiger partial charge in [-0.1, -0.05) is 0 Å². The molecule has 0 aliphatic rings. The molecule has 0 fully saturated rings. The van der Waals surface area contributed by atoms with Gasteiger partial charge in [0, 0.05) is 36.3 Å². The molecule has 0 aliphatic carbocycles. The number of rotatable bonds is 18. The molecular formula is C48H38N12O16S4. The van der Waals surface area contributed by atoms with E-state index in [-0.39, 0.29) is 89.2 Å². The van der Waals surface area contributed by atoms with Gasteiger partial charge in [0.15, 0.2) is 11.8 Å². The van der Waals surface area contributed by atoms with Crippen LogP contribution in [0.5, 0.6) is 0 Å². The average molecular weight is 1170 g/mol. The summed E-state index contributed by atoms with van der Waals surface area (Å²) < 4.78 is 133. The Morgan fingerprint density at radius 2 is 0.650 bits per heavy atom. The van der Waals surface area contributed by atoms with Crippen molar-refractivity contribution in [3.63, 3.8) is 0 Å². The minimum absolute atomic E-state index is 0.0255. The Hall–Kier alpha value is -9.54. The summed E-state index contributed by atoms with van der Waals surface area (Å²) in [6.45, 7) is 2.50. The fraction of sp³-hybridized carbons (Fsp3) is 0.0417. The van der Waals surface area contributed by atoms with Crippen LogP contribution in [0.1, 0.15) is 34.6 Å². The molecular weight excluding hydrogens is 1130 g/mol. The van der Waals surface area contributed by atoms with E-state index in [1.165, 1.54) is 111 Å². The molecule has 0 heterocycles. The summed E-state index contributed by atoms with van der Waals surface area (Å²) in [7, 11) is -18.8. The standard InChI is InChI=1S/C48H38N12O16S4/c1-27(61)49-43-23-33(11-19-39(43)57-59-41-21-13-35(25-45(41)79(71,72)73)55-53-31-7-15-37(16-8-31)77(65,66)67)51-47(63)29-3-5-30(6-4-29)48(64)52-34-12-20-40(44(24-34)50-28(2)62)58-60-42-22-14-36(26-46(42)80(74,75)76)56-54-32-9-17-38(18-10-32)78(68,69)70/h3-26H,1-2H3,(H,49,61)(H,50,62)(H,51,63)(H,52,64)(H,65,66,67)(H,68,69,70)(H,71,72,73)(H,74,75,76). The van der Waals surface area contributed by atoms with Gasteiger partial charge in [-0.2, -0.15) is 54.1 Å². The van der Waals surface area contributed by atoms with Gasteiger partial charge in [0.25, 0.3) is 52.3 Å². The zero-order valence-corrected chi connectivity index (χ0v) is 44.0. The first kappa shape index (κ1) is 58.1. The first-order valence-electron chi connectivity index (χ1n) is 22.1. The van der Waals surface area contributed by atoms with E-state index in [9.17, 15) is 62.6 Å². The molecule has 32 heteroatoms. The van der Waals surface area contributed by atoms with E-state index in [1.807, 2.05) is 0 Å². The van der Waals surface area contributed by atoms with Gasteiger partial charge in [0.1, 0.15) is 32.5 Å². The van der Waals surface area contributed by atoms with Crippen molar-refractivity contribution in [3.05, 3.63) is 157 Å². The summed E-state index contributed by atoms with van der Waals surface area (Å²) in [5, 5.41) is 56.9. The molecule has 7 aromatic rings. The quantitative estimate of drug-likeness (QED) is 0.0171. The van der Waals surface area contributed by atoms with Crippen LogP contribution in [0.2, 0.25) is 0 Å². The Balaban J connectivity index is 1.02. The number of nitrogens with zero attached hydrogens (tertiary/aromatic N) is 10. The van der Waals surface area contributed by atoms with Gasteiger partial charge in [0.05, 0.1) is 43.9 Å². The normalized spacial score (nSPS) is 12.9. The second-order valence-corrected chi connectivity index (χ2v) is 21.8. The molecule has 0 atom stereocenters. The lowest BCUT2D eigenvalue weighted by Gasteiger charge is -2.10. The first-order chi connectivity index (χ1) is 37.6. The highest BCUT2D eigenvalue weighted by molar-refractivity contribution is 7.86. The number of hydrogen-bond donors (Lipinski definition) is 8. The Morgan fingerprint density at radius 3 is 0.963 bits per heavy atom. The van der Waals surface area contributed by atoms with Gasteiger partial charge in [-0.15, -0.1) is 20.5 Å². The number of nitrogens with one attached hydrogen (secondary N) is 2. The third kappa shape index (κ3) is 15.8. The number of hydrogen-bond acceptors (Lipinski definition) is 20. The SMILES string of the molecule is CC(O)=Nc1cc(NC(=O)c2ccc(C(=O)Nc3ccc(N=Nc4ccc(N=Nc5ccc(S(=O)(=O)O)cc5)cc4S(=O)(=O)O)c(N=C(C)O)c3)cc2)ccc1N=Nc1ccc(N=Nc2ccc(S(=O)(=O)O)cc2)cc1S(=O)(=O)O. The lowest BCUT2D eigenvalue weighted by molar-refractivity contribution is 0.101. The van der Waals surface area contributed by atoms with Crippen molar-refractivity contribution < 1.29 is 71.7 Å². The maximum atomic E-state index is 13.4. The van der Waals surface area contributed by atoms with Gasteiger partial charge in [0.2, 0.25) is 0 Å². The maximum absolute atomic E-state index is 13.4. The number of amides is 2. The maximum Gasteiger partial charge on any atom is 0.296 e. The monoisotopic (exact) mass is 1170 g/mol. The molecule has 0 aliphatic heterocycles. The summed E-state index contributed by atoms with van der Waals surface area (Å²) in [6, 6.07) is 29.5. The van der Waals surface area contributed by atoms with E-state index < -0.39 is 73.9 Å². The van der Waals surface area contributed by atoms with Gasteiger partial charge in [-0.05, 0) is 146 Å². The molecule has 0 unspecified atom stereocenters. The van der Waals surface area contributed by atoms with Gasteiger partial charge in [-0.3, -0.25) is 27.8 Å². The number of carbonyl (C=O) groups is 2. The van der Waals surface area contributed by atoms with Crippen LogP contribution in [-0.2, 0) is 40.5 Å². The largest absolute Gasteiger partial charge is 0.497 e. The molecule has 0 saturated heterocycles. The zero-order chi connectivity index (χ0) is 58.2. The molecule has 0 radical (unpaired) electrons. The molecule has 7 aromatic carbocycles. The third-order valence-electron chi connectivity index (χ3n) is 10.2. The molecule has 410 valence electrons. The number of aliphatic hydroxyl groups excluding tert-OH is 2. The molecule has 7 rings (SSSR count). The number of aliphatic imine (C=N–C) groups is 2. The number of aliphatic hydroxyl groups is 2. The Kier molecular flexibility index (Phi) is 17.4. The molecule has 0 saturated carbocycles. The third-order valence-corrected chi connectivity index (χ3v) is 13.7. The van der Waals surface area contributed by atoms with Crippen molar-refractivity contribution in [1.82, 2.24) is 0 Å². The predicted molar refractivity (Wildman–Crippen MR) is 288 cm³/mol. The molecule has 28 nitrogen and oxygen atoms in total. The van der Waals surface area contributed by atoms with Crippen molar-refractivity contribution in [1.29, 1.82) is 0 Å². The topological polar surface area (TPSA) is 440 Å². The molecule has 80 heavy (non-hydrogen) atoms. The smallest absolute Gasteiger partial charge is 0.296 e. The highest BCUT2D eigenvalue weighted by Crippen LogP contribution is 2.38. The number of carbonyl (C=O) groups excluding carboxylic acids is 2. The lowest BCUT2D eigenvalue weighted by atomic mass is 10.1. The predicted octanol–water partition coefficient (Wildman–Crippen LogP) is 12.1. The number of anilines is 2. The van der Waals surface area contributed by atoms with Crippen molar-refractivity contribution in [2.24, 2.45) is 50.9 Å². The second-order valence-electron chi connectivity index (χ2n) is 16.2. The minimum Gasteiger partial charge on any atom is -0.497 e. The fourth-order valence-corrected chi connectivity index (χ4v) is 8.85. The van der Waals surface area contributed by atoms with Crippen molar-refractivity contribution in [3.8, 4) is 0 Å². The number of azo groups is 4. The van der Waals surface area contributed by atoms with Crippen LogP contribution >= 0.6 is 0 Å². The van der Waals surface area contributed by atoms with Crippen LogP contribution in [0.3, 0.4) is 0 Å². The summed E-state index contributed by atoms with van der Waals surface area (Å²) >= 11 is 0. The van der Waals surface area contributed by atoms with Crippen molar-refractivity contribution >= 4 is 132 Å². The molecule has 8 N–H and O–H groups in total. The van der Waals surface area contributed by atoms with E-state index in [4.69, 9.17) is 9.11 Å². The first-order valence-corrected chi connectivity index (χ1v) is 27.9. The summed E-state index contributed by atoms with van der Waals surface area (Å²) in [5.41, 5.74) is -0.181. The van der Waals surface area contributed by atoms with Gasteiger partial charge in [-0.25, -0.2) is 9.98 Å². The van der Waals surface area contributed by atoms with Crippen molar-refractivity contribution in [2.75, 3.05) is 10.6 Å². The highest BCUT2D eigenvalue weighted by atomic mass is 32.2. The van der Waals surface area contributed by atoms with Crippen LogP contribution in [-0.4, -0.2) is 85.7 Å². The van der Waals surface area contributed by atoms with Crippen LogP contribution in [0.4, 0.5) is 68.2 Å². The summed E-state index contributed by atoms with van der Waals surface area (Å²) in [6.07, 6.45) is 0. The summed E-state index contributed by atoms with van der Waals surface area (Å²) in [4.78, 5) is 32.5. The average Bonchev–Trinajstić information content (AvgIpc) is 3.43. The highest BCUT2D eigenvalue weighted by Gasteiger charge is 2.20. The van der Waals surface area contributed by atoms with Gasteiger partial charge >= 0.3 is 0 Å². The van der Waals surface area contributed by atoms with Crippen molar-refractivity contribution in [2.45, 2.75) is 33.4 Å². The molecule has 0 bridgehead atoms. The summed E-state index contributed by atoms with van der Waals surface area (Å²) in [5.74, 6) is -2.15. The molecule has 0 aromatic heterocycles. The Morgan fingerprint density at radius 1 is 0.350 bits per heavy atom. The minimum atomic E-state index is -4.93. The van der Waals surface area contributed by atoms with E-state index >= 15 is 0 Å². The molecule has 2 amide bonds. The van der Waals surface area contributed by atoms with Crippen LogP contribution in [0.25, 0.3) is 0 Å². The number of benzene rings is 7. The second kappa shape index (κ2) is 24.0. The fourth-order valence-electron chi connectivity index (χ4n) is 6.60. The lowest BCUT2D eigenvalue weighted by Crippen LogP contribution is -2.14. The van der Waals surface area contributed by atoms with E-state index in [2.05, 4.69) is 61.5 Å². The van der Waals surface area contributed by atoms with E-state index in [1.54, 1.807) is 0 Å². The van der Waals surface area contributed by atoms with Gasteiger partial charge < -0.3 is 20.8 Å². The Bertz CT molecular complexity index is 3970. The van der Waals surface area contributed by atoms with E-state index in [0.717, 1.165) is 48.5 Å². The van der Waals surface area contributed by atoms with Crippen LogP contribution in [0.15, 0.2) is 216 Å².